The highest BCUT2D eigenvalue weighted by Crippen LogP contribution is 2.61. The second-order valence-electron chi connectivity index (χ2n) is 9.34. The third-order valence-corrected chi connectivity index (χ3v) is 6.89. The lowest BCUT2D eigenvalue weighted by molar-refractivity contribution is -0.196. The fraction of sp³-hybridized carbons (Fsp3) is 0.636. The standard InChI is InChI=1S/C22H27NO6/c24-19(23-10-16-11-27-17-3-1-2-4-18(17)29-16)12-28-20(25)21-6-14-5-15(7-21)9-22(26,8-14)13-21/h1-4,14-16,26H,5-13H2,(H,23,24)/t14-,15+,16-,21?,22?/m0/s1. The van der Waals surface area contributed by atoms with Crippen molar-refractivity contribution in [1.29, 1.82) is 0 Å². The first-order chi connectivity index (χ1) is 13.9. The van der Waals surface area contributed by atoms with Crippen LogP contribution in [0.5, 0.6) is 11.5 Å². The maximum Gasteiger partial charge on any atom is 0.312 e. The van der Waals surface area contributed by atoms with E-state index < -0.39 is 11.0 Å². The molecule has 156 valence electrons. The second-order valence-corrected chi connectivity index (χ2v) is 9.34. The minimum Gasteiger partial charge on any atom is -0.486 e. The molecule has 5 aliphatic rings. The van der Waals surface area contributed by atoms with Gasteiger partial charge in [0.25, 0.3) is 5.91 Å². The van der Waals surface area contributed by atoms with E-state index in [-0.39, 0.29) is 31.1 Å². The SMILES string of the molecule is O=C(COC(=O)C12C[C@@H]3C[C@@H](CC(O)(C3)C1)C2)NC[C@H]1COc2ccccc2O1. The largest absolute Gasteiger partial charge is 0.486 e. The number of hydrogen-bond donors (Lipinski definition) is 2. The van der Waals surface area contributed by atoms with Crippen molar-refractivity contribution in [1.82, 2.24) is 5.32 Å². The first-order valence-corrected chi connectivity index (χ1v) is 10.5. The lowest BCUT2D eigenvalue weighted by Crippen LogP contribution is -2.58. The Morgan fingerprint density at radius 1 is 1.14 bits per heavy atom. The zero-order chi connectivity index (χ0) is 20.1. The fourth-order valence-corrected chi connectivity index (χ4v) is 6.18. The molecule has 1 aromatic carbocycles. The molecular weight excluding hydrogens is 374 g/mol. The molecule has 7 nitrogen and oxygen atoms in total. The molecule has 2 unspecified atom stereocenters. The molecule has 0 aromatic heterocycles. The van der Waals surface area contributed by atoms with E-state index in [1.165, 1.54) is 0 Å². The molecule has 29 heavy (non-hydrogen) atoms. The monoisotopic (exact) mass is 401 g/mol. The van der Waals surface area contributed by atoms with Crippen molar-refractivity contribution in [3.05, 3.63) is 24.3 Å². The van der Waals surface area contributed by atoms with Crippen molar-refractivity contribution in [2.75, 3.05) is 19.8 Å². The van der Waals surface area contributed by atoms with Crippen molar-refractivity contribution >= 4 is 11.9 Å². The van der Waals surface area contributed by atoms with Crippen molar-refractivity contribution in [2.45, 2.75) is 50.2 Å². The van der Waals surface area contributed by atoms with Crippen molar-refractivity contribution in [2.24, 2.45) is 17.3 Å². The minimum atomic E-state index is -0.722. The van der Waals surface area contributed by atoms with Gasteiger partial charge in [-0.05, 0) is 62.5 Å². The number of ether oxygens (including phenoxy) is 3. The van der Waals surface area contributed by atoms with Gasteiger partial charge in [0, 0.05) is 0 Å². The Labute approximate surface area is 169 Å². The number of rotatable bonds is 5. The molecule has 0 radical (unpaired) electrons. The molecule has 7 heteroatoms. The van der Waals surface area contributed by atoms with E-state index in [2.05, 4.69) is 5.32 Å². The van der Waals surface area contributed by atoms with Gasteiger partial charge in [0.05, 0.1) is 17.6 Å². The number of hydrogen-bond acceptors (Lipinski definition) is 6. The number of benzene rings is 1. The van der Waals surface area contributed by atoms with Crippen LogP contribution in [0.25, 0.3) is 0 Å². The van der Waals surface area contributed by atoms with Gasteiger partial charge in [-0.15, -0.1) is 0 Å². The van der Waals surface area contributed by atoms with Gasteiger partial charge < -0.3 is 24.6 Å². The first-order valence-electron chi connectivity index (χ1n) is 10.5. The topological polar surface area (TPSA) is 94.1 Å². The van der Waals surface area contributed by atoms with Gasteiger partial charge in [0.2, 0.25) is 0 Å². The lowest BCUT2D eigenvalue weighted by Gasteiger charge is -2.58. The quantitative estimate of drug-likeness (QED) is 0.731. The van der Waals surface area contributed by atoms with Crippen LogP contribution in [0, 0.1) is 17.3 Å². The third kappa shape index (κ3) is 3.56. The molecule has 4 aliphatic carbocycles. The van der Waals surface area contributed by atoms with E-state index in [0.717, 1.165) is 32.1 Å². The summed E-state index contributed by atoms with van der Waals surface area (Å²) < 4.78 is 16.8. The number of carbonyl (C=O) groups is 2. The van der Waals surface area contributed by atoms with Gasteiger partial charge in [-0.1, -0.05) is 12.1 Å². The molecule has 1 aliphatic heterocycles. The summed E-state index contributed by atoms with van der Waals surface area (Å²) in [5.41, 5.74) is -1.33. The zero-order valence-corrected chi connectivity index (χ0v) is 16.4. The summed E-state index contributed by atoms with van der Waals surface area (Å²) in [6, 6.07) is 7.40. The third-order valence-electron chi connectivity index (χ3n) is 6.89. The summed E-state index contributed by atoms with van der Waals surface area (Å²) in [5.74, 6) is 1.46. The molecule has 4 fully saturated rings. The minimum absolute atomic E-state index is 0.278. The average Bonchev–Trinajstić information content (AvgIpc) is 2.68. The van der Waals surface area contributed by atoms with Crippen LogP contribution in [0.4, 0.5) is 0 Å². The van der Waals surface area contributed by atoms with Crippen LogP contribution >= 0.6 is 0 Å². The van der Waals surface area contributed by atoms with Crippen molar-refractivity contribution in [3.8, 4) is 11.5 Å². The highest BCUT2D eigenvalue weighted by molar-refractivity contribution is 5.83. The van der Waals surface area contributed by atoms with Crippen LogP contribution in [0.2, 0.25) is 0 Å². The normalized spacial score (nSPS) is 36.5. The number of amides is 1. The highest BCUT2D eigenvalue weighted by atomic mass is 16.6. The molecule has 0 saturated heterocycles. The summed E-state index contributed by atoms with van der Waals surface area (Å²) in [5, 5.41) is 13.5. The average molecular weight is 401 g/mol. The Bertz CT molecular complexity index is 809. The Morgan fingerprint density at radius 3 is 2.59 bits per heavy atom. The van der Waals surface area contributed by atoms with Crippen molar-refractivity contribution < 1.29 is 28.9 Å². The number of fused-ring (bicyclic) bond motifs is 1. The Hall–Kier alpha value is -2.28. The zero-order valence-electron chi connectivity index (χ0n) is 16.4. The Balaban J connectivity index is 1.11. The first kappa shape index (κ1) is 18.7. The molecule has 0 spiro atoms. The van der Waals surface area contributed by atoms with Crippen LogP contribution in [-0.4, -0.2) is 48.4 Å². The van der Waals surface area contributed by atoms with E-state index in [1.807, 2.05) is 24.3 Å². The fourth-order valence-electron chi connectivity index (χ4n) is 6.18. The second kappa shape index (κ2) is 6.90. The smallest absolute Gasteiger partial charge is 0.312 e. The molecule has 6 rings (SSSR count). The maximum absolute atomic E-state index is 12.8. The van der Waals surface area contributed by atoms with Crippen LogP contribution in [0.3, 0.4) is 0 Å². The van der Waals surface area contributed by atoms with Crippen LogP contribution < -0.4 is 14.8 Å². The number of esters is 1. The summed E-state index contributed by atoms with van der Waals surface area (Å²) >= 11 is 0. The van der Waals surface area contributed by atoms with Crippen LogP contribution in [-0.2, 0) is 14.3 Å². The molecule has 1 heterocycles. The van der Waals surface area contributed by atoms with E-state index in [1.54, 1.807) is 0 Å². The van der Waals surface area contributed by atoms with Gasteiger partial charge in [-0.2, -0.15) is 0 Å². The summed E-state index contributed by atoms with van der Waals surface area (Å²) in [4.78, 5) is 25.0. The maximum atomic E-state index is 12.8. The molecule has 1 aromatic rings. The number of aliphatic hydroxyl groups is 1. The van der Waals surface area contributed by atoms with Gasteiger partial charge in [0.15, 0.2) is 18.1 Å². The van der Waals surface area contributed by atoms with Gasteiger partial charge >= 0.3 is 5.97 Å². The predicted molar refractivity (Wildman–Crippen MR) is 102 cm³/mol. The highest BCUT2D eigenvalue weighted by Gasteiger charge is 2.60. The molecule has 2 N–H and O–H groups in total. The molecular formula is C22H27NO6. The number of carbonyl (C=O) groups excluding carboxylic acids is 2. The number of para-hydroxylation sites is 2. The number of nitrogens with one attached hydrogen (secondary N) is 1. The molecule has 4 bridgehead atoms. The predicted octanol–water partition coefficient (Wildman–Crippen LogP) is 1.82. The van der Waals surface area contributed by atoms with Gasteiger partial charge in [-0.3, -0.25) is 9.59 Å². The summed E-state index contributed by atoms with van der Waals surface area (Å²) in [6.45, 7) is 0.319. The van der Waals surface area contributed by atoms with Crippen molar-refractivity contribution in [3.63, 3.8) is 0 Å². The summed E-state index contributed by atoms with van der Waals surface area (Å²) in [7, 11) is 0. The van der Waals surface area contributed by atoms with Crippen LogP contribution in [0.15, 0.2) is 24.3 Å². The van der Waals surface area contributed by atoms with Crippen LogP contribution in [0.1, 0.15) is 38.5 Å². The molecule has 4 saturated carbocycles. The van der Waals surface area contributed by atoms with Gasteiger partial charge in [-0.25, -0.2) is 0 Å². The van der Waals surface area contributed by atoms with E-state index in [0.29, 0.717) is 36.4 Å². The molecule has 1 amide bonds. The Morgan fingerprint density at radius 2 is 1.86 bits per heavy atom. The van der Waals surface area contributed by atoms with E-state index >= 15 is 0 Å². The van der Waals surface area contributed by atoms with Gasteiger partial charge in [0.1, 0.15) is 12.7 Å². The van der Waals surface area contributed by atoms with E-state index in [9.17, 15) is 14.7 Å². The Kier molecular flexibility index (Phi) is 4.46. The summed E-state index contributed by atoms with van der Waals surface area (Å²) in [6.07, 6.45) is 4.43. The molecule has 5 atom stereocenters. The lowest BCUT2D eigenvalue weighted by atomic mass is 9.48. The van der Waals surface area contributed by atoms with E-state index in [4.69, 9.17) is 14.2 Å².